The molecular formula is C15H22O2. The molecule has 0 bridgehead atoms. The maximum absolute atomic E-state index is 5.76. The Morgan fingerprint density at radius 1 is 1.24 bits per heavy atom. The van der Waals surface area contributed by atoms with Crippen molar-refractivity contribution in [3.63, 3.8) is 0 Å². The van der Waals surface area contributed by atoms with Crippen LogP contribution in [0.3, 0.4) is 0 Å². The summed E-state index contributed by atoms with van der Waals surface area (Å²) in [5, 5.41) is 0. The second kappa shape index (κ2) is 6.06. The Hall–Kier alpha value is -1.02. The minimum atomic E-state index is 0.286. The Bertz CT molecular complexity index is 323. The van der Waals surface area contributed by atoms with E-state index in [0.717, 1.165) is 18.8 Å². The molecule has 0 saturated carbocycles. The fraction of sp³-hybridized carbons (Fsp3) is 0.600. The number of ether oxygens (including phenoxy) is 2. The van der Waals surface area contributed by atoms with Gasteiger partial charge in [0.05, 0.1) is 6.10 Å². The van der Waals surface area contributed by atoms with E-state index in [0.29, 0.717) is 12.5 Å². The van der Waals surface area contributed by atoms with Crippen LogP contribution in [0.25, 0.3) is 0 Å². The fourth-order valence-electron chi connectivity index (χ4n) is 2.08. The van der Waals surface area contributed by atoms with Crippen LogP contribution in [0.1, 0.15) is 44.6 Å². The highest BCUT2D eigenvalue weighted by Crippen LogP contribution is 2.20. The van der Waals surface area contributed by atoms with Gasteiger partial charge in [-0.05, 0) is 42.9 Å². The first-order valence-electron chi connectivity index (χ1n) is 6.60. The van der Waals surface area contributed by atoms with E-state index in [1.165, 1.54) is 18.4 Å². The van der Waals surface area contributed by atoms with E-state index < -0.39 is 0 Å². The zero-order chi connectivity index (χ0) is 12.1. The quantitative estimate of drug-likeness (QED) is 0.789. The summed E-state index contributed by atoms with van der Waals surface area (Å²) in [6, 6.07) is 8.39. The molecule has 2 nitrogen and oxygen atoms in total. The monoisotopic (exact) mass is 234 g/mol. The summed E-state index contributed by atoms with van der Waals surface area (Å²) in [6.45, 7) is 5.97. The lowest BCUT2D eigenvalue weighted by Crippen LogP contribution is -2.25. The average molecular weight is 234 g/mol. The highest BCUT2D eigenvalue weighted by atomic mass is 16.5. The predicted molar refractivity (Wildman–Crippen MR) is 69.6 cm³/mol. The van der Waals surface area contributed by atoms with Gasteiger partial charge in [-0.2, -0.15) is 0 Å². The van der Waals surface area contributed by atoms with E-state index in [1.54, 1.807) is 0 Å². The first-order valence-corrected chi connectivity index (χ1v) is 6.60. The van der Waals surface area contributed by atoms with Gasteiger partial charge in [-0.25, -0.2) is 0 Å². The van der Waals surface area contributed by atoms with Crippen molar-refractivity contribution in [1.82, 2.24) is 0 Å². The normalized spacial score (nSPS) is 20.5. The first kappa shape index (κ1) is 12.4. The lowest BCUT2D eigenvalue weighted by Gasteiger charge is -2.22. The van der Waals surface area contributed by atoms with Gasteiger partial charge in [-0.3, -0.25) is 0 Å². The molecule has 1 unspecified atom stereocenters. The van der Waals surface area contributed by atoms with E-state index in [-0.39, 0.29) is 6.10 Å². The van der Waals surface area contributed by atoms with E-state index in [2.05, 4.69) is 38.1 Å². The van der Waals surface area contributed by atoms with Crippen molar-refractivity contribution < 1.29 is 9.47 Å². The molecule has 0 radical (unpaired) electrons. The average Bonchev–Trinajstić information content (AvgIpc) is 2.38. The van der Waals surface area contributed by atoms with Gasteiger partial charge < -0.3 is 9.47 Å². The van der Waals surface area contributed by atoms with E-state index >= 15 is 0 Å². The zero-order valence-corrected chi connectivity index (χ0v) is 10.8. The van der Waals surface area contributed by atoms with Crippen LogP contribution < -0.4 is 4.74 Å². The van der Waals surface area contributed by atoms with Gasteiger partial charge in [-0.1, -0.05) is 26.0 Å². The Kier molecular flexibility index (Phi) is 4.43. The largest absolute Gasteiger partial charge is 0.491 e. The number of hydrogen-bond acceptors (Lipinski definition) is 2. The van der Waals surface area contributed by atoms with Crippen LogP contribution in [-0.2, 0) is 4.74 Å². The fourth-order valence-corrected chi connectivity index (χ4v) is 2.08. The third kappa shape index (κ3) is 3.74. The molecule has 1 fully saturated rings. The van der Waals surface area contributed by atoms with Gasteiger partial charge >= 0.3 is 0 Å². The number of rotatable bonds is 4. The molecule has 1 aromatic carbocycles. The SMILES string of the molecule is CC(C)c1ccc(OCC2CCCCO2)cc1. The molecule has 0 aromatic heterocycles. The van der Waals surface area contributed by atoms with E-state index in [1.807, 2.05) is 0 Å². The molecule has 0 spiro atoms. The number of benzene rings is 1. The maximum Gasteiger partial charge on any atom is 0.119 e. The second-order valence-corrected chi connectivity index (χ2v) is 5.02. The van der Waals surface area contributed by atoms with Crippen molar-refractivity contribution in [3.05, 3.63) is 29.8 Å². The van der Waals surface area contributed by atoms with E-state index in [4.69, 9.17) is 9.47 Å². The Morgan fingerprint density at radius 2 is 2.00 bits per heavy atom. The van der Waals surface area contributed by atoms with Crippen molar-refractivity contribution in [1.29, 1.82) is 0 Å². The van der Waals surface area contributed by atoms with Crippen molar-refractivity contribution in [2.75, 3.05) is 13.2 Å². The molecule has 94 valence electrons. The summed E-state index contributed by atoms with van der Waals surface area (Å²) in [4.78, 5) is 0. The molecule has 0 aliphatic carbocycles. The number of hydrogen-bond donors (Lipinski definition) is 0. The molecule has 17 heavy (non-hydrogen) atoms. The molecule has 1 aliphatic heterocycles. The topological polar surface area (TPSA) is 18.5 Å². The van der Waals surface area contributed by atoms with Crippen molar-refractivity contribution in [3.8, 4) is 5.75 Å². The van der Waals surface area contributed by atoms with Gasteiger partial charge in [-0.15, -0.1) is 0 Å². The zero-order valence-electron chi connectivity index (χ0n) is 10.8. The molecule has 0 amide bonds. The predicted octanol–water partition coefficient (Wildman–Crippen LogP) is 3.76. The van der Waals surface area contributed by atoms with Crippen LogP contribution in [-0.4, -0.2) is 19.3 Å². The minimum Gasteiger partial charge on any atom is -0.491 e. The summed E-state index contributed by atoms with van der Waals surface area (Å²) in [6.07, 6.45) is 3.87. The second-order valence-electron chi connectivity index (χ2n) is 5.02. The van der Waals surface area contributed by atoms with E-state index in [9.17, 15) is 0 Å². The summed E-state index contributed by atoms with van der Waals surface area (Å²) < 4.78 is 11.4. The third-order valence-corrected chi connectivity index (χ3v) is 3.26. The van der Waals surface area contributed by atoms with Crippen molar-refractivity contribution in [2.24, 2.45) is 0 Å². The Morgan fingerprint density at radius 3 is 2.59 bits per heavy atom. The van der Waals surface area contributed by atoms with Gasteiger partial charge in [0.25, 0.3) is 0 Å². The molecule has 1 aliphatic rings. The van der Waals surface area contributed by atoms with Crippen LogP contribution in [0, 0.1) is 0 Å². The van der Waals surface area contributed by atoms with Crippen LogP contribution in [0.15, 0.2) is 24.3 Å². The van der Waals surface area contributed by atoms with Crippen LogP contribution >= 0.6 is 0 Å². The maximum atomic E-state index is 5.76. The van der Waals surface area contributed by atoms with Gasteiger partial charge in [0.1, 0.15) is 12.4 Å². The Labute approximate surface area is 104 Å². The molecule has 1 heterocycles. The standard InChI is InChI=1S/C15H22O2/c1-12(2)13-6-8-14(9-7-13)17-11-15-5-3-4-10-16-15/h6-9,12,15H,3-5,10-11H2,1-2H3. The van der Waals surface area contributed by atoms with Gasteiger partial charge in [0.2, 0.25) is 0 Å². The molecule has 2 heteroatoms. The minimum absolute atomic E-state index is 0.286. The van der Waals surface area contributed by atoms with Crippen molar-refractivity contribution >= 4 is 0 Å². The van der Waals surface area contributed by atoms with Crippen LogP contribution in [0.2, 0.25) is 0 Å². The lowest BCUT2D eigenvalue weighted by atomic mass is 10.0. The molecule has 0 N–H and O–H groups in total. The molecular weight excluding hydrogens is 212 g/mol. The summed E-state index contributed by atoms with van der Waals surface area (Å²) in [5.41, 5.74) is 1.35. The molecule has 2 rings (SSSR count). The van der Waals surface area contributed by atoms with Gasteiger partial charge in [0, 0.05) is 6.61 Å². The molecule has 1 atom stereocenters. The summed E-state index contributed by atoms with van der Waals surface area (Å²) >= 11 is 0. The highest BCUT2D eigenvalue weighted by molar-refractivity contribution is 5.28. The smallest absolute Gasteiger partial charge is 0.119 e. The molecule has 1 aromatic rings. The summed E-state index contributed by atoms with van der Waals surface area (Å²) in [7, 11) is 0. The van der Waals surface area contributed by atoms with Crippen LogP contribution in [0.4, 0.5) is 0 Å². The lowest BCUT2D eigenvalue weighted by molar-refractivity contribution is -0.0110. The van der Waals surface area contributed by atoms with Crippen molar-refractivity contribution in [2.45, 2.75) is 45.1 Å². The van der Waals surface area contributed by atoms with Gasteiger partial charge in [0.15, 0.2) is 0 Å². The highest BCUT2D eigenvalue weighted by Gasteiger charge is 2.14. The summed E-state index contributed by atoms with van der Waals surface area (Å²) in [5.74, 6) is 1.52. The Balaban J connectivity index is 1.82. The third-order valence-electron chi connectivity index (χ3n) is 3.26. The first-order chi connectivity index (χ1) is 8.25. The van der Waals surface area contributed by atoms with Crippen LogP contribution in [0.5, 0.6) is 5.75 Å². The molecule has 1 saturated heterocycles.